The highest BCUT2D eigenvalue weighted by Gasteiger charge is 2.45. The molecule has 0 amide bonds. The Morgan fingerprint density at radius 3 is 2.58 bits per heavy atom. The predicted molar refractivity (Wildman–Crippen MR) is 144 cm³/mol. The van der Waals surface area contributed by atoms with Crippen molar-refractivity contribution in [2.24, 2.45) is 0 Å². The topological polar surface area (TPSA) is 94.6 Å². The average Bonchev–Trinajstić information content (AvgIpc) is 2.83. The van der Waals surface area contributed by atoms with E-state index < -0.39 is 21.5 Å². The van der Waals surface area contributed by atoms with Crippen molar-refractivity contribution in [1.29, 1.82) is 0 Å². The van der Waals surface area contributed by atoms with Crippen molar-refractivity contribution in [2.75, 3.05) is 18.6 Å². The van der Waals surface area contributed by atoms with Crippen molar-refractivity contribution in [2.45, 2.75) is 43.7 Å². The third kappa shape index (κ3) is 5.31. The van der Waals surface area contributed by atoms with Crippen LogP contribution in [0.1, 0.15) is 29.7 Å². The normalized spacial score (nSPS) is 15.6. The minimum Gasteiger partial charge on any atom is -0.487 e. The Bertz CT molecular complexity index is 1420. The van der Waals surface area contributed by atoms with Crippen molar-refractivity contribution >= 4 is 61.9 Å². The van der Waals surface area contributed by atoms with E-state index in [0.717, 1.165) is 16.6 Å². The van der Waals surface area contributed by atoms with Gasteiger partial charge in [-0.05, 0) is 68.0 Å². The minimum absolute atomic E-state index is 0.0687. The molecule has 1 fully saturated rings. The van der Waals surface area contributed by atoms with Crippen molar-refractivity contribution in [1.82, 2.24) is 9.71 Å². The van der Waals surface area contributed by atoms with Crippen LogP contribution in [0.5, 0.6) is 5.75 Å². The summed E-state index contributed by atoms with van der Waals surface area (Å²) < 4.78 is 40.4. The fourth-order valence-electron chi connectivity index (χ4n) is 4.31. The molecule has 3 aromatic rings. The molecular formula is C25H26Cl2N2O5S2. The van der Waals surface area contributed by atoms with E-state index in [9.17, 15) is 13.2 Å². The molecule has 0 atom stereocenters. The number of benzene rings is 2. The molecule has 36 heavy (non-hydrogen) atoms. The van der Waals surface area contributed by atoms with E-state index in [2.05, 4.69) is 9.71 Å². The maximum Gasteiger partial charge on any atom is 0.327 e. The van der Waals surface area contributed by atoms with E-state index in [1.165, 1.54) is 19.2 Å². The number of nitrogens with zero attached hydrogens (tertiary/aromatic N) is 1. The molecule has 1 aromatic heterocycles. The first-order chi connectivity index (χ1) is 17.1. The van der Waals surface area contributed by atoms with Crippen LogP contribution in [-0.4, -0.2) is 43.5 Å². The third-order valence-corrected chi connectivity index (χ3v) is 9.66. The molecule has 4 rings (SSSR count). The van der Waals surface area contributed by atoms with E-state index in [4.69, 9.17) is 32.7 Å². The van der Waals surface area contributed by atoms with Gasteiger partial charge in [0.1, 0.15) is 28.3 Å². The Labute approximate surface area is 224 Å². The number of carbonyl (C=O) groups is 1. The average molecular weight is 570 g/mol. The smallest absolute Gasteiger partial charge is 0.327 e. The van der Waals surface area contributed by atoms with E-state index in [-0.39, 0.29) is 21.5 Å². The quantitative estimate of drug-likeness (QED) is 0.378. The zero-order valence-corrected chi connectivity index (χ0v) is 23.2. The number of aryl methyl sites for hydroxylation is 2. The number of hydrogen-bond acceptors (Lipinski definition) is 7. The number of esters is 1. The molecule has 0 radical (unpaired) electrons. The molecule has 0 unspecified atom stereocenters. The lowest BCUT2D eigenvalue weighted by Crippen LogP contribution is -2.56. The summed E-state index contributed by atoms with van der Waals surface area (Å²) in [5.74, 6) is 1.17. The van der Waals surface area contributed by atoms with Gasteiger partial charge in [0.25, 0.3) is 0 Å². The first-order valence-electron chi connectivity index (χ1n) is 11.2. The maximum atomic E-state index is 13.4. The molecular weight excluding hydrogens is 543 g/mol. The Morgan fingerprint density at radius 2 is 1.89 bits per heavy atom. The number of thioether (sulfide) groups is 1. The number of methoxy groups -OCH3 is 1. The molecule has 1 N–H and O–H groups in total. The SMILES string of the molecule is COC(=O)C1(NS(=O)(=O)c2ccc(Cl)c(COc3cccc4c(C)cc(C)nc34)c2Cl)CCSCC1. The van der Waals surface area contributed by atoms with Gasteiger partial charge in [0, 0.05) is 21.7 Å². The summed E-state index contributed by atoms with van der Waals surface area (Å²) in [6.07, 6.45) is 0.634. The van der Waals surface area contributed by atoms with Gasteiger partial charge < -0.3 is 9.47 Å². The number of pyridine rings is 1. The van der Waals surface area contributed by atoms with E-state index in [1.807, 2.05) is 32.0 Å². The monoisotopic (exact) mass is 568 g/mol. The molecule has 1 saturated heterocycles. The summed E-state index contributed by atoms with van der Waals surface area (Å²) in [6, 6.07) is 10.4. The van der Waals surface area contributed by atoms with Crippen LogP contribution in [0.25, 0.3) is 10.9 Å². The van der Waals surface area contributed by atoms with Crippen LogP contribution in [0.4, 0.5) is 0 Å². The number of sulfonamides is 1. The lowest BCUT2D eigenvalue weighted by atomic mass is 9.94. The van der Waals surface area contributed by atoms with E-state index >= 15 is 0 Å². The Morgan fingerprint density at radius 1 is 1.17 bits per heavy atom. The molecule has 0 aliphatic carbocycles. The molecule has 2 heterocycles. The number of rotatable bonds is 7. The molecule has 192 valence electrons. The summed E-state index contributed by atoms with van der Waals surface area (Å²) >= 11 is 14.7. The largest absolute Gasteiger partial charge is 0.487 e. The zero-order valence-electron chi connectivity index (χ0n) is 20.1. The number of para-hydroxylation sites is 1. The van der Waals surface area contributed by atoms with Gasteiger partial charge in [0.05, 0.1) is 12.1 Å². The molecule has 0 saturated carbocycles. The highest BCUT2D eigenvalue weighted by atomic mass is 35.5. The van der Waals surface area contributed by atoms with Crippen LogP contribution in [0.2, 0.25) is 10.0 Å². The highest BCUT2D eigenvalue weighted by Crippen LogP contribution is 2.36. The predicted octanol–water partition coefficient (Wildman–Crippen LogP) is 5.45. The number of hydrogen-bond donors (Lipinski definition) is 1. The van der Waals surface area contributed by atoms with Gasteiger partial charge in [-0.3, -0.25) is 4.79 Å². The standard InChI is InChI=1S/C25H26Cl2N2O5S2/c1-15-13-16(2)28-23-17(15)5-4-6-20(23)34-14-18-19(26)7-8-21(22(18)27)36(31,32)29-25(24(30)33-3)9-11-35-12-10-25/h4-8,13,29H,9-12,14H2,1-3H3. The maximum absolute atomic E-state index is 13.4. The second-order valence-electron chi connectivity index (χ2n) is 8.65. The highest BCUT2D eigenvalue weighted by molar-refractivity contribution is 7.99. The molecule has 0 spiro atoms. The van der Waals surface area contributed by atoms with Crippen molar-refractivity contribution < 1.29 is 22.7 Å². The molecule has 0 bridgehead atoms. The van der Waals surface area contributed by atoms with Gasteiger partial charge in [0.15, 0.2) is 0 Å². The van der Waals surface area contributed by atoms with Crippen LogP contribution in [-0.2, 0) is 26.2 Å². The van der Waals surface area contributed by atoms with Gasteiger partial charge in [-0.15, -0.1) is 0 Å². The molecule has 1 aliphatic heterocycles. The molecule has 7 nitrogen and oxygen atoms in total. The molecule has 1 aliphatic rings. The van der Waals surface area contributed by atoms with Gasteiger partial charge in [-0.2, -0.15) is 16.5 Å². The van der Waals surface area contributed by atoms with Crippen LogP contribution < -0.4 is 9.46 Å². The Kier molecular flexibility index (Phi) is 8.07. The number of carbonyl (C=O) groups excluding carboxylic acids is 1. The van der Waals surface area contributed by atoms with Crippen LogP contribution in [0.15, 0.2) is 41.3 Å². The Balaban J connectivity index is 1.66. The van der Waals surface area contributed by atoms with Gasteiger partial charge in [-0.1, -0.05) is 35.3 Å². The zero-order chi connectivity index (χ0) is 26.1. The molecule has 2 aromatic carbocycles. The lowest BCUT2D eigenvalue weighted by Gasteiger charge is -2.34. The number of nitrogens with one attached hydrogen (secondary N) is 1. The van der Waals surface area contributed by atoms with Crippen molar-refractivity contribution in [3.8, 4) is 5.75 Å². The first kappa shape index (κ1) is 27.0. The van der Waals surface area contributed by atoms with Crippen molar-refractivity contribution in [3.05, 3.63) is 63.3 Å². The number of aromatic nitrogens is 1. The fraction of sp³-hybridized carbons (Fsp3) is 0.360. The number of ether oxygens (including phenoxy) is 2. The fourth-order valence-corrected chi connectivity index (χ4v) is 7.81. The molecule has 11 heteroatoms. The second kappa shape index (κ2) is 10.8. The van der Waals surface area contributed by atoms with Gasteiger partial charge in [-0.25, -0.2) is 13.4 Å². The third-order valence-electron chi connectivity index (χ3n) is 6.20. The number of halogens is 2. The van der Waals surface area contributed by atoms with E-state index in [1.54, 1.807) is 17.8 Å². The number of fused-ring (bicyclic) bond motifs is 1. The van der Waals surface area contributed by atoms with Crippen LogP contribution >= 0.6 is 35.0 Å². The van der Waals surface area contributed by atoms with Crippen molar-refractivity contribution in [3.63, 3.8) is 0 Å². The lowest BCUT2D eigenvalue weighted by molar-refractivity contribution is -0.148. The van der Waals surface area contributed by atoms with Gasteiger partial charge in [0.2, 0.25) is 10.0 Å². The second-order valence-corrected chi connectivity index (χ2v) is 12.3. The summed E-state index contributed by atoms with van der Waals surface area (Å²) in [7, 11) is -2.94. The van der Waals surface area contributed by atoms with E-state index in [0.29, 0.717) is 41.2 Å². The summed E-state index contributed by atoms with van der Waals surface area (Å²) in [5.41, 5.74) is 1.59. The summed E-state index contributed by atoms with van der Waals surface area (Å²) in [4.78, 5) is 17.0. The van der Waals surface area contributed by atoms with Crippen LogP contribution in [0.3, 0.4) is 0 Å². The van der Waals surface area contributed by atoms with Gasteiger partial charge >= 0.3 is 5.97 Å². The van der Waals surface area contributed by atoms with Crippen LogP contribution in [0, 0.1) is 13.8 Å². The summed E-state index contributed by atoms with van der Waals surface area (Å²) in [6.45, 7) is 3.83. The first-order valence-corrected chi connectivity index (χ1v) is 14.6. The summed E-state index contributed by atoms with van der Waals surface area (Å²) in [5, 5.41) is 1.14. The Hall–Kier alpha value is -2.04. The minimum atomic E-state index is -4.19.